The molecule has 0 aromatic heterocycles. The predicted molar refractivity (Wildman–Crippen MR) is 57.0 cm³/mol. The summed E-state index contributed by atoms with van der Waals surface area (Å²) in [5.41, 5.74) is 1.19. The van der Waals surface area contributed by atoms with E-state index >= 15 is 0 Å². The number of hydrogen-bond donors (Lipinski definition) is 0. The van der Waals surface area contributed by atoms with Gasteiger partial charge in [-0.25, -0.2) is 0 Å². The number of alkyl halides is 1. The molecule has 1 rings (SSSR count). The van der Waals surface area contributed by atoms with E-state index in [1.54, 1.807) is 7.11 Å². The van der Waals surface area contributed by atoms with Crippen molar-refractivity contribution in [2.24, 2.45) is 0 Å². The lowest BCUT2D eigenvalue weighted by Crippen LogP contribution is -1.87. The van der Waals surface area contributed by atoms with Gasteiger partial charge in [0.1, 0.15) is 5.75 Å². The Hall–Kier alpha value is -0.500. The van der Waals surface area contributed by atoms with Crippen LogP contribution >= 0.6 is 15.9 Å². The summed E-state index contributed by atoms with van der Waals surface area (Å²) >= 11 is 3.37. The summed E-state index contributed by atoms with van der Waals surface area (Å²) in [5, 5.41) is 0.844. The number of benzene rings is 1. The van der Waals surface area contributed by atoms with Crippen LogP contribution in [0.5, 0.6) is 5.75 Å². The summed E-state index contributed by atoms with van der Waals surface area (Å²) in [4.78, 5) is 0. The van der Waals surface area contributed by atoms with Crippen LogP contribution in [0.3, 0.4) is 0 Å². The third-order valence-electron chi connectivity index (χ3n) is 1.34. The van der Waals surface area contributed by atoms with E-state index in [2.05, 4.69) is 15.9 Å². The highest BCUT2D eigenvalue weighted by molar-refractivity contribution is 9.08. The van der Waals surface area contributed by atoms with Crippen molar-refractivity contribution in [1.29, 1.82) is 0 Å². The Labute approximate surface area is 82.9 Å². The second kappa shape index (κ2) is 7.17. The van der Waals surface area contributed by atoms with Gasteiger partial charge in [0.25, 0.3) is 0 Å². The molecule has 0 aliphatic rings. The fourth-order valence-corrected chi connectivity index (χ4v) is 1.28. The minimum absolute atomic E-state index is 0.844. The zero-order valence-corrected chi connectivity index (χ0v) is 9.39. The van der Waals surface area contributed by atoms with Crippen molar-refractivity contribution in [2.75, 3.05) is 7.11 Å². The maximum atomic E-state index is 5.11. The highest BCUT2D eigenvalue weighted by Gasteiger charge is 1.96. The van der Waals surface area contributed by atoms with E-state index in [9.17, 15) is 0 Å². The fraction of sp³-hybridized carbons (Fsp3) is 0.400. The van der Waals surface area contributed by atoms with Gasteiger partial charge in [0.15, 0.2) is 0 Å². The van der Waals surface area contributed by atoms with Crippen LogP contribution in [0.1, 0.15) is 19.4 Å². The van der Waals surface area contributed by atoms with Gasteiger partial charge in [-0.05, 0) is 6.07 Å². The summed E-state index contributed by atoms with van der Waals surface area (Å²) in [6.07, 6.45) is 0. The largest absolute Gasteiger partial charge is 0.496 e. The molecule has 0 atom stereocenters. The third kappa shape index (κ3) is 3.26. The van der Waals surface area contributed by atoms with E-state index in [0.29, 0.717) is 0 Å². The molecule has 1 nitrogen and oxygen atoms in total. The van der Waals surface area contributed by atoms with Crippen molar-refractivity contribution >= 4 is 15.9 Å². The molecular weight excluding hydrogens is 216 g/mol. The minimum Gasteiger partial charge on any atom is -0.496 e. The lowest BCUT2D eigenvalue weighted by atomic mass is 10.2. The van der Waals surface area contributed by atoms with Crippen LogP contribution in [-0.4, -0.2) is 7.11 Å². The maximum Gasteiger partial charge on any atom is 0.122 e. The molecule has 0 unspecified atom stereocenters. The Kier molecular flexibility index (Phi) is 6.87. The van der Waals surface area contributed by atoms with E-state index in [1.807, 2.05) is 38.1 Å². The Morgan fingerprint density at radius 2 is 1.83 bits per heavy atom. The molecule has 0 spiro atoms. The zero-order valence-electron chi connectivity index (χ0n) is 7.80. The first-order valence-electron chi connectivity index (χ1n) is 4.06. The Balaban J connectivity index is 0.000000561. The molecule has 0 radical (unpaired) electrons. The van der Waals surface area contributed by atoms with E-state index in [0.717, 1.165) is 11.1 Å². The first-order valence-corrected chi connectivity index (χ1v) is 5.18. The predicted octanol–water partition coefficient (Wildman–Crippen LogP) is 3.62. The molecular formula is C10H15BrO. The molecule has 1 aromatic rings. The van der Waals surface area contributed by atoms with Gasteiger partial charge in [0, 0.05) is 10.9 Å². The molecule has 0 saturated heterocycles. The van der Waals surface area contributed by atoms with Gasteiger partial charge in [0.05, 0.1) is 7.11 Å². The lowest BCUT2D eigenvalue weighted by molar-refractivity contribution is 0.411. The molecule has 2 heteroatoms. The SMILES string of the molecule is CC.COc1ccccc1CBr. The topological polar surface area (TPSA) is 9.23 Å². The number of rotatable bonds is 2. The van der Waals surface area contributed by atoms with E-state index in [4.69, 9.17) is 4.74 Å². The molecule has 0 aliphatic carbocycles. The van der Waals surface area contributed by atoms with Gasteiger partial charge in [-0.1, -0.05) is 48.0 Å². The van der Waals surface area contributed by atoms with Crippen LogP contribution in [0, 0.1) is 0 Å². The van der Waals surface area contributed by atoms with Crippen molar-refractivity contribution in [1.82, 2.24) is 0 Å². The molecule has 1 aromatic carbocycles. The van der Waals surface area contributed by atoms with Crippen molar-refractivity contribution in [3.8, 4) is 5.75 Å². The van der Waals surface area contributed by atoms with Crippen LogP contribution in [0.15, 0.2) is 24.3 Å². The number of ether oxygens (including phenoxy) is 1. The van der Waals surface area contributed by atoms with E-state index in [1.165, 1.54) is 5.56 Å². The zero-order chi connectivity index (χ0) is 9.40. The van der Waals surface area contributed by atoms with Crippen molar-refractivity contribution in [3.63, 3.8) is 0 Å². The highest BCUT2D eigenvalue weighted by atomic mass is 79.9. The molecule has 0 amide bonds. The van der Waals surface area contributed by atoms with Gasteiger partial charge in [-0.3, -0.25) is 0 Å². The summed E-state index contributed by atoms with van der Waals surface area (Å²) < 4.78 is 5.11. The van der Waals surface area contributed by atoms with Gasteiger partial charge >= 0.3 is 0 Å². The summed E-state index contributed by atoms with van der Waals surface area (Å²) in [6.45, 7) is 4.00. The first-order chi connectivity index (χ1) is 5.88. The minimum atomic E-state index is 0.844. The fourth-order valence-electron chi connectivity index (χ4n) is 0.813. The third-order valence-corrected chi connectivity index (χ3v) is 1.94. The van der Waals surface area contributed by atoms with Crippen molar-refractivity contribution < 1.29 is 4.74 Å². The molecule has 0 heterocycles. The Morgan fingerprint density at radius 1 is 1.25 bits per heavy atom. The average molecular weight is 231 g/mol. The quantitative estimate of drug-likeness (QED) is 0.706. The molecule has 0 bridgehead atoms. The molecule has 12 heavy (non-hydrogen) atoms. The van der Waals surface area contributed by atoms with E-state index < -0.39 is 0 Å². The molecule has 0 saturated carbocycles. The number of para-hydroxylation sites is 1. The van der Waals surface area contributed by atoms with Crippen molar-refractivity contribution in [2.45, 2.75) is 19.2 Å². The first kappa shape index (κ1) is 11.5. The maximum absolute atomic E-state index is 5.11. The van der Waals surface area contributed by atoms with Crippen LogP contribution in [0.4, 0.5) is 0 Å². The second-order valence-electron chi connectivity index (χ2n) is 1.95. The number of methoxy groups -OCH3 is 1. The van der Waals surface area contributed by atoms with Crippen LogP contribution in [0.25, 0.3) is 0 Å². The van der Waals surface area contributed by atoms with Gasteiger partial charge < -0.3 is 4.74 Å². The van der Waals surface area contributed by atoms with E-state index in [-0.39, 0.29) is 0 Å². The summed E-state index contributed by atoms with van der Waals surface area (Å²) in [6, 6.07) is 7.95. The van der Waals surface area contributed by atoms with Crippen LogP contribution in [-0.2, 0) is 5.33 Å². The molecule has 0 N–H and O–H groups in total. The molecule has 0 aliphatic heterocycles. The molecule has 0 fully saturated rings. The van der Waals surface area contributed by atoms with Crippen molar-refractivity contribution in [3.05, 3.63) is 29.8 Å². The monoisotopic (exact) mass is 230 g/mol. The summed E-state index contributed by atoms with van der Waals surface area (Å²) in [5.74, 6) is 0.944. The smallest absolute Gasteiger partial charge is 0.122 e. The normalized spacial score (nSPS) is 8.33. The number of halogens is 1. The van der Waals surface area contributed by atoms with Crippen LogP contribution < -0.4 is 4.74 Å². The Morgan fingerprint density at radius 3 is 2.25 bits per heavy atom. The lowest BCUT2D eigenvalue weighted by Gasteiger charge is -2.03. The standard InChI is InChI=1S/C8H9BrO.C2H6/c1-10-8-5-3-2-4-7(8)6-9;1-2/h2-5H,6H2,1H3;1-2H3. The van der Waals surface area contributed by atoms with Gasteiger partial charge in [-0.15, -0.1) is 0 Å². The second-order valence-corrected chi connectivity index (χ2v) is 2.51. The molecule has 68 valence electrons. The number of hydrogen-bond acceptors (Lipinski definition) is 1. The van der Waals surface area contributed by atoms with Crippen LogP contribution in [0.2, 0.25) is 0 Å². The van der Waals surface area contributed by atoms with Gasteiger partial charge in [-0.2, -0.15) is 0 Å². The summed E-state index contributed by atoms with van der Waals surface area (Å²) in [7, 11) is 1.68. The highest BCUT2D eigenvalue weighted by Crippen LogP contribution is 2.19. The average Bonchev–Trinajstić information content (AvgIpc) is 2.20. The van der Waals surface area contributed by atoms with Gasteiger partial charge in [0.2, 0.25) is 0 Å². The Bertz CT molecular complexity index is 188.